The van der Waals surface area contributed by atoms with E-state index in [1.807, 2.05) is 13.8 Å². The second-order valence-electron chi connectivity index (χ2n) is 4.22. The van der Waals surface area contributed by atoms with Gasteiger partial charge in [-0.25, -0.2) is 0 Å². The molecule has 5 nitrogen and oxygen atoms in total. The number of halogens is 1. The van der Waals surface area contributed by atoms with Gasteiger partial charge < -0.3 is 15.7 Å². The van der Waals surface area contributed by atoms with Crippen LogP contribution in [0.25, 0.3) is 0 Å². The average Bonchev–Trinajstić information content (AvgIpc) is 2.30. The molecule has 0 aliphatic heterocycles. The van der Waals surface area contributed by atoms with Crippen molar-refractivity contribution < 1.29 is 14.7 Å². The van der Waals surface area contributed by atoms with Crippen LogP contribution in [0.4, 0.5) is 5.69 Å². The minimum Gasteiger partial charge on any atom is -0.506 e. The first kappa shape index (κ1) is 14.3. The zero-order valence-corrected chi connectivity index (χ0v) is 10.9. The van der Waals surface area contributed by atoms with Crippen molar-refractivity contribution in [2.75, 3.05) is 11.9 Å². The minimum atomic E-state index is -0.840. The molecule has 0 atom stereocenters. The lowest BCUT2D eigenvalue weighted by Crippen LogP contribution is -2.37. The van der Waals surface area contributed by atoms with Crippen molar-refractivity contribution in [3.8, 4) is 5.75 Å². The lowest BCUT2D eigenvalue weighted by molar-refractivity contribution is -0.136. The van der Waals surface area contributed by atoms with Gasteiger partial charge in [-0.2, -0.15) is 0 Å². The minimum absolute atomic E-state index is 0.104. The Morgan fingerprint density at radius 3 is 2.61 bits per heavy atom. The monoisotopic (exact) mass is 270 g/mol. The van der Waals surface area contributed by atoms with Gasteiger partial charge in [-0.05, 0) is 24.1 Å². The summed E-state index contributed by atoms with van der Waals surface area (Å²) in [7, 11) is 0. The summed E-state index contributed by atoms with van der Waals surface area (Å²) in [5.74, 6) is -1.48. The summed E-state index contributed by atoms with van der Waals surface area (Å²) in [6, 6.07) is 4.18. The summed E-state index contributed by atoms with van der Waals surface area (Å²) in [6.45, 7) is 4.25. The number of nitrogens with one attached hydrogen (secondary N) is 2. The van der Waals surface area contributed by atoms with Crippen LogP contribution in [0.5, 0.6) is 5.75 Å². The van der Waals surface area contributed by atoms with E-state index < -0.39 is 11.8 Å². The molecule has 98 valence electrons. The molecule has 1 aromatic rings. The van der Waals surface area contributed by atoms with E-state index in [9.17, 15) is 14.7 Å². The standard InChI is InChI=1S/C12H15ClN2O3/c1-7(2)6-14-11(17)12(18)15-9-5-8(13)3-4-10(9)16/h3-5,7,16H,6H2,1-2H3,(H,14,17)(H,15,18). The summed E-state index contributed by atoms with van der Waals surface area (Å²) < 4.78 is 0. The normalized spacial score (nSPS) is 10.2. The zero-order chi connectivity index (χ0) is 13.7. The number of hydrogen-bond acceptors (Lipinski definition) is 3. The van der Waals surface area contributed by atoms with E-state index >= 15 is 0 Å². The van der Waals surface area contributed by atoms with E-state index in [-0.39, 0.29) is 17.4 Å². The topological polar surface area (TPSA) is 78.4 Å². The third kappa shape index (κ3) is 4.25. The highest BCUT2D eigenvalue weighted by Gasteiger charge is 2.15. The molecule has 0 saturated carbocycles. The molecule has 3 N–H and O–H groups in total. The Kier molecular flexibility index (Phi) is 4.97. The third-order valence-corrected chi connectivity index (χ3v) is 2.32. The summed E-state index contributed by atoms with van der Waals surface area (Å²) in [5, 5.41) is 14.6. The van der Waals surface area contributed by atoms with Gasteiger partial charge in [-0.1, -0.05) is 25.4 Å². The summed E-state index contributed by atoms with van der Waals surface area (Å²) in [6.07, 6.45) is 0. The summed E-state index contributed by atoms with van der Waals surface area (Å²) in [4.78, 5) is 22.9. The fraction of sp³-hybridized carbons (Fsp3) is 0.333. The SMILES string of the molecule is CC(C)CNC(=O)C(=O)Nc1cc(Cl)ccc1O. The Hall–Kier alpha value is -1.75. The smallest absolute Gasteiger partial charge is 0.313 e. The van der Waals surface area contributed by atoms with Crippen molar-refractivity contribution in [2.24, 2.45) is 5.92 Å². The second kappa shape index (κ2) is 6.26. The van der Waals surface area contributed by atoms with Gasteiger partial charge in [-0.3, -0.25) is 9.59 Å². The second-order valence-corrected chi connectivity index (χ2v) is 4.66. The number of aromatic hydroxyl groups is 1. The van der Waals surface area contributed by atoms with Crippen molar-refractivity contribution in [1.29, 1.82) is 0 Å². The van der Waals surface area contributed by atoms with Crippen molar-refractivity contribution >= 4 is 29.1 Å². The number of anilines is 1. The van der Waals surface area contributed by atoms with Gasteiger partial charge in [0, 0.05) is 11.6 Å². The number of phenolic OH excluding ortho intramolecular Hbond substituents is 1. The maximum atomic E-state index is 11.5. The first-order chi connectivity index (χ1) is 8.40. The van der Waals surface area contributed by atoms with Gasteiger partial charge in [0.2, 0.25) is 0 Å². The number of carbonyl (C=O) groups is 2. The Morgan fingerprint density at radius 2 is 2.00 bits per heavy atom. The maximum Gasteiger partial charge on any atom is 0.313 e. The average molecular weight is 271 g/mol. The predicted molar refractivity (Wildman–Crippen MR) is 69.6 cm³/mol. The molecule has 0 saturated heterocycles. The molecule has 0 fully saturated rings. The van der Waals surface area contributed by atoms with E-state index in [0.29, 0.717) is 11.6 Å². The Balaban J connectivity index is 2.64. The van der Waals surface area contributed by atoms with Crippen LogP contribution in [0.15, 0.2) is 18.2 Å². The zero-order valence-electron chi connectivity index (χ0n) is 10.2. The number of amides is 2. The highest BCUT2D eigenvalue weighted by atomic mass is 35.5. The molecule has 2 amide bonds. The fourth-order valence-electron chi connectivity index (χ4n) is 1.16. The molecule has 0 radical (unpaired) electrons. The van der Waals surface area contributed by atoms with Gasteiger partial charge in [-0.15, -0.1) is 0 Å². The highest BCUT2D eigenvalue weighted by molar-refractivity contribution is 6.40. The Labute approximate surface area is 110 Å². The molecule has 0 spiro atoms. The molecule has 0 aliphatic carbocycles. The molecular formula is C12H15ClN2O3. The molecule has 0 bridgehead atoms. The number of hydrogen-bond donors (Lipinski definition) is 3. The first-order valence-electron chi connectivity index (χ1n) is 5.48. The molecule has 0 aliphatic rings. The van der Waals surface area contributed by atoms with E-state index in [0.717, 1.165) is 0 Å². The van der Waals surface area contributed by atoms with Gasteiger partial charge >= 0.3 is 11.8 Å². The third-order valence-electron chi connectivity index (χ3n) is 2.08. The summed E-state index contributed by atoms with van der Waals surface area (Å²) >= 11 is 5.72. The lowest BCUT2D eigenvalue weighted by Gasteiger charge is -2.09. The van der Waals surface area contributed by atoms with Crippen LogP contribution < -0.4 is 10.6 Å². The van der Waals surface area contributed by atoms with Gasteiger partial charge in [0.15, 0.2) is 0 Å². The first-order valence-corrected chi connectivity index (χ1v) is 5.85. The highest BCUT2D eigenvalue weighted by Crippen LogP contribution is 2.26. The van der Waals surface area contributed by atoms with E-state index in [1.165, 1.54) is 18.2 Å². The molecular weight excluding hydrogens is 256 g/mol. The quantitative estimate of drug-likeness (QED) is 0.578. The predicted octanol–water partition coefficient (Wildman–Crippen LogP) is 1.76. The Morgan fingerprint density at radius 1 is 1.33 bits per heavy atom. The van der Waals surface area contributed by atoms with Crippen LogP contribution in [0, 0.1) is 5.92 Å². The molecule has 18 heavy (non-hydrogen) atoms. The summed E-state index contributed by atoms with van der Waals surface area (Å²) in [5.41, 5.74) is 0.104. The maximum absolute atomic E-state index is 11.5. The van der Waals surface area contributed by atoms with Gasteiger partial charge in [0.05, 0.1) is 5.69 Å². The van der Waals surface area contributed by atoms with Crippen LogP contribution in [-0.4, -0.2) is 23.5 Å². The largest absolute Gasteiger partial charge is 0.506 e. The number of carbonyl (C=O) groups excluding carboxylic acids is 2. The molecule has 0 aromatic heterocycles. The van der Waals surface area contributed by atoms with Crippen LogP contribution >= 0.6 is 11.6 Å². The van der Waals surface area contributed by atoms with Crippen LogP contribution in [-0.2, 0) is 9.59 Å². The van der Waals surface area contributed by atoms with Gasteiger partial charge in [0.25, 0.3) is 0 Å². The van der Waals surface area contributed by atoms with E-state index in [2.05, 4.69) is 10.6 Å². The van der Waals surface area contributed by atoms with Crippen molar-refractivity contribution in [1.82, 2.24) is 5.32 Å². The van der Waals surface area contributed by atoms with Gasteiger partial charge in [0.1, 0.15) is 5.75 Å². The molecule has 0 unspecified atom stereocenters. The van der Waals surface area contributed by atoms with Crippen molar-refractivity contribution in [3.63, 3.8) is 0 Å². The van der Waals surface area contributed by atoms with Crippen molar-refractivity contribution in [3.05, 3.63) is 23.2 Å². The fourth-order valence-corrected chi connectivity index (χ4v) is 1.34. The molecule has 1 aromatic carbocycles. The van der Waals surface area contributed by atoms with E-state index in [1.54, 1.807) is 0 Å². The Bertz CT molecular complexity index is 461. The number of benzene rings is 1. The lowest BCUT2D eigenvalue weighted by atomic mass is 10.2. The van der Waals surface area contributed by atoms with Crippen LogP contribution in [0.3, 0.4) is 0 Å². The van der Waals surface area contributed by atoms with Crippen molar-refractivity contribution in [2.45, 2.75) is 13.8 Å². The van der Waals surface area contributed by atoms with Crippen LogP contribution in [0.2, 0.25) is 5.02 Å². The molecule has 6 heteroatoms. The molecule has 1 rings (SSSR count). The number of rotatable bonds is 3. The van der Waals surface area contributed by atoms with E-state index in [4.69, 9.17) is 11.6 Å². The number of phenols is 1. The van der Waals surface area contributed by atoms with Crippen LogP contribution in [0.1, 0.15) is 13.8 Å². The molecule has 0 heterocycles.